The maximum Gasteiger partial charge on any atom is 0.255 e. The van der Waals surface area contributed by atoms with Crippen molar-refractivity contribution in [2.75, 3.05) is 21.8 Å². The van der Waals surface area contributed by atoms with E-state index in [9.17, 15) is 4.79 Å². The molecule has 4 aromatic rings. The van der Waals surface area contributed by atoms with Gasteiger partial charge in [0.05, 0.1) is 17.4 Å². The van der Waals surface area contributed by atoms with Crippen LogP contribution >= 0.6 is 15.9 Å². The lowest BCUT2D eigenvalue weighted by Gasteiger charge is -2.24. The van der Waals surface area contributed by atoms with E-state index in [4.69, 9.17) is 16.6 Å². The number of benzene rings is 4. The van der Waals surface area contributed by atoms with E-state index in [0.717, 1.165) is 33.4 Å². The number of carbonyl (C=O) groups is 1. The van der Waals surface area contributed by atoms with E-state index in [2.05, 4.69) is 50.5 Å². The third kappa shape index (κ3) is 5.05. The zero-order valence-corrected chi connectivity index (χ0v) is 20.4. The molecule has 1 atom stereocenters. The third-order valence-electron chi connectivity index (χ3n) is 5.90. The molecular weight excluding hydrogens is 502 g/mol. The lowest BCUT2D eigenvalue weighted by atomic mass is 9.98. The summed E-state index contributed by atoms with van der Waals surface area (Å²) in [6.45, 7) is 0. The molecule has 0 aromatic heterocycles. The topological polar surface area (TPSA) is 96.7 Å². The lowest BCUT2D eigenvalue weighted by molar-refractivity contribution is 0.102. The van der Waals surface area contributed by atoms with E-state index in [0.29, 0.717) is 22.6 Å². The van der Waals surface area contributed by atoms with Crippen molar-refractivity contribution >= 4 is 50.3 Å². The number of halogens is 1. The van der Waals surface area contributed by atoms with Crippen LogP contribution in [0.15, 0.2) is 107 Å². The largest absolute Gasteiger partial charge is 0.399 e. The number of nitrogens with one attached hydrogen (secondary N) is 1. The Morgan fingerprint density at radius 2 is 1.54 bits per heavy atom. The van der Waals surface area contributed by atoms with E-state index in [-0.39, 0.29) is 11.9 Å². The fourth-order valence-corrected chi connectivity index (χ4v) is 4.47. The van der Waals surface area contributed by atoms with Gasteiger partial charge < -0.3 is 16.8 Å². The molecule has 0 saturated heterocycles. The molecule has 0 aliphatic carbocycles. The van der Waals surface area contributed by atoms with Crippen LogP contribution in [0.4, 0.5) is 22.7 Å². The maximum absolute atomic E-state index is 12.7. The van der Waals surface area contributed by atoms with Crippen LogP contribution in [0.3, 0.4) is 0 Å². The molecule has 0 spiro atoms. The Morgan fingerprint density at radius 3 is 2.20 bits per heavy atom. The average molecular weight is 526 g/mol. The van der Waals surface area contributed by atoms with Gasteiger partial charge in [-0.3, -0.25) is 9.80 Å². The number of para-hydroxylation sites is 1. The van der Waals surface area contributed by atoms with E-state index in [1.807, 2.05) is 54.6 Å². The summed E-state index contributed by atoms with van der Waals surface area (Å²) in [6, 6.07) is 31.1. The number of hydrazone groups is 1. The smallest absolute Gasteiger partial charge is 0.255 e. The van der Waals surface area contributed by atoms with Crippen molar-refractivity contribution in [2.24, 2.45) is 5.10 Å². The molecule has 0 saturated carbocycles. The summed E-state index contributed by atoms with van der Waals surface area (Å²) in [5, 5.41) is 9.97. The number of nitrogen functional groups attached to an aromatic ring is 2. The van der Waals surface area contributed by atoms with Gasteiger partial charge in [-0.1, -0.05) is 58.4 Å². The van der Waals surface area contributed by atoms with Gasteiger partial charge in [0.25, 0.3) is 5.91 Å². The van der Waals surface area contributed by atoms with Gasteiger partial charge >= 0.3 is 0 Å². The Balaban J connectivity index is 1.39. The van der Waals surface area contributed by atoms with Crippen molar-refractivity contribution in [1.82, 2.24) is 0 Å². The highest BCUT2D eigenvalue weighted by atomic mass is 79.9. The first-order valence-electron chi connectivity index (χ1n) is 11.2. The highest BCUT2D eigenvalue weighted by molar-refractivity contribution is 9.10. The Labute approximate surface area is 212 Å². The van der Waals surface area contributed by atoms with Crippen LogP contribution < -0.4 is 21.8 Å². The molecule has 1 amide bonds. The Hall–Kier alpha value is -4.10. The minimum Gasteiger partial charge on any atom is -0.399 e. The number of amides is 1. The van der Waals surface area contributed by atoms with Crippen molar-refractivity contribution in [3.05, 3.63) is 118 Å². The van der Waals surface area contributed by atoms with E-state index < -0.39 is 0 Å². The number of hydrogen-bond donors (Lipinski definition) is 3. The first kappa shape index (κ1) is 22.7. The molecule has 5 rings (SSSR count). The van der Waals surface area contributed by atoms with Gasteiger partial charge in [-0.25, -0.2) is 0 Å². The SMILES string of the molecule is Nc1cc(N)cc(C(=O)Nc2ccc(C3CC(c4ccc(Br)cc4)=NN3c3ccccc3)cc2)c1. The van der Waals surface area contributed by atoms with Crippen molar-refractivity contribution < 1.29 is 4.79 Å². The average Bonchev–Trinajstić information content (AvgIpc) is 3.30. The molecule has 1 unspecified atom stereocenters. The second-order valence-electron chi connectivity index (χ2n) is 8.42. The molecule has 5 N–H and O–H groups in total. The van der Waals surface area contributed by atoms with Gasteiger partial charge in [0.1, 0.15) is 0 Å². The predicted octanol–water partition coefficient (Wildman–Crippen LogP) is 6.22. The van der Waals surface area contributed by atoms with E-state index >= 15 is 0 Å². The van der Waals surface area contributed by atoms with Gasteiger partial charge in [-0.15, -0.1) is 0 Å². The molecule has 1 heterocycles. The van der Waals surface area contributed by atoms with E-state index in [1.165, 1.54) is 0 Å². The summed E-state index contributed by atoms with van der Waals surface area (Å²) >= 11 is 3.50. The molecule has 1 aliphatic heterocycles. The highest BCUT2D eigenvalue weighted by Gasteiger charge is 2.29. The summed E-state index contributed by atoms with van der Waals surface area (Å²) < 4.78 is 1.04. The lowest BCUT2D eigenvalue weighted by Crippen LogP contribution is -2.18. The molecule has 0 fully saturated rings. The number of rotatable bonds is 5. The number of hydrogen-bond acceptors (Lipinski definition) is 5. The van der Waals surface area contributed by atoms with Gasteiger partial charge in [-0.2, -0.15) is 5.10 Å². The van der Waals surface area contributed by atoms with Crippen molar-refractivity contribution in [2.45, 2.75) is 12.5 Å². The zero-order valence-electron chi connectivity index (χ0n) is 18.9. The molecule has 35 heavy (non-hydrogen) atoms. The van der Waals surface area contributed by atoms with Crippen LogP contribution in [0, 0.1) is 0 Å². The Bertz CT molecular complexity index is 1370. The summed E-state index contributed by atoms with van der Waals surface area (Å²) in [7, 11) is 0. The number of carbonyl (C=O) groups excluding carboxylic acids is 1. The number of nitrogens with zero attached hydrogens (tertiary/aromatic N) is 2. The summed E-state index contributed by atoms with van der Waals surface area (Å²) in [5.41, 5.74) is 17.9. The van der Waals surface area contributed by atoms with Crippen LogP contribution in [-0.4, -0.2) is 11.6 Å². The highest BCUT2D eigenvalue weighted by Crippen LogP contribution is 2.37. The van der Waals surface area contributed by atoms with Crippen LogP contribution in [0.2, 0.25) is 0 Å². The zero-order chi connectivity index (χ0) is 24.4. The number of nitrogens with two attached hydrogens (primary N) is 2. The predicted molar refractivity (Wildman–Crippen MR) is 147 cm³/mol. The fourth-order valence-electron chi connectivity index (χ4n) is 4.21. The molecule has 1 aliphatic rings. The van der Waals surface area contributed by atoms with Gasteiger partial charge in [0.2, 0.25) is 0 Å². The standard InChI is InChI=1S/C28H24BrN5O/c29-21-10-6-18(7-11-21)26-17-27(34(33-26)25-4-2-1-3-5-25)19-8-12-24(13-9-19)32-28(35)20-14-22(30)16-23(31)15-20/h1-16,27H,17,30-31H2,(H,32,35). The number of anilines is 4. The fraction of sp³-hybridized carbons (Fsp3) is 0.0714. The van der Waals surface area contributed by atoms with Crippen molar-refractivity contribution in [3.8, 4) is 0 Å². The first-order chi connectivity index (χ1) is 17.0. The second-order valence-corrected chi connectivity index (χ2v) is 9.33. The molecule has 0 bridgehead atoms. The minimum absolute atomic E-state index is 0.0366. The monoisotopic (exact) mass is 525 g/mol. The van der Waals surface area contributed by atoms with E-state index in [1.54, 1.807) is 18.2 Å². The Morgan fingerprint density at radius 1 is 0.886 bits per heavy atom. The molecular formula is C28H24BrN5O. The normalized spacial score (nSPS) is 15.1. The first-order valence-corrected chi connectivity index (χ1v) is 12.0. The quantitative estimate of drug-likeness (QED) is 0.269. The maximum atomic E-state index is 12.7. The summed E-state index contributed by atoms with van der Waals surface area (Å²) in [4.78, 5) is 12.7. The second kappa shape index (κ2) is 9.64. The van der Waals surface area contributed by atoms with Gasteiger partial charge in [0.15, 0.2) is 0 Å². The van der Waals surface area contributed by atoms with Crippen LogP contribution in [0.5, 0.6) is 0 Å². The Kier molecular flexibility index (Phi) is 6.25. The van der Waals surface area contributed by atoms with Gasteiger partial charge in [0, 0.05) is 33.5 Å². The molecule has 6 nitrogen and oxygen atoms in total. The molecule has 7 heteroatoms. The van der Waals surface area contributed by atoms with Crippen LogP contribution in [-0.2, 0) is 0 Å². The van der Waals surface area contributed by atoms with Crippen molar-refractivity contribution in [1.29, 1.82) is 0 Å². The third-order valence-corrected chi connectivity index (χ3v) is 6.43. The van der Waals surface area contributed by atoms with Crippen LogP contribution in [0.1, 0.15) is 33.9 Å². The minimum atomic E-state index is -0.260. The molecule has 174 valence electrons. The van der Waals surface area contributed by atoms with Crippen molar-refractivity contribution in [3.63, 3.8) is 0 Å². The molecule has 0 radical (unpaired) electrons. The molecule has 4 aromatic carbocycles. The van der Waals surface area contributed by atoms with Gasteiger partial charge in [-0.05, 0) is 65.7 Å². The summed E-state index contributed by atoms with van der Waals surface area (Å²) in [5.74, 6) is -0.260. The summed E-state index contributed by atoms with van der Waals surface area (Å²) in [6.07, 6.45) is 0.769. The van der Waals surface area contributed by atoms with Crippen LogP contribution in [0.25, 0.3) is 0 Å².